The average molecular weight is 250 g/mol. The Morgan fingerprint density at radius 1 is 1.50 bits per heavy atom. The molecule has 1 aliphatic heterocycles. The van der Waals surface area contributed by atoms with Gasteiger partial charge in [-0.25, -0.2) is 8.42 Å². The zero-order valence-corrected chi connectivity index (χ0v) is 10.8. The summed E-state index contributed by atoms with van der Waals surface area (Å²) in [6.45, 7) is 1.50. The second-order valence-corrected chi connectivity index (χ2v) is 7.11. The number of sulfone groups is 1. The molecule has 1 heterocycles. The molecule has 0 spiro atoms. The molecule has 2 atom stereocenters. The van der Waals surface area contributed by atoms with E-state index in [0.29, 0.717) is 25.4 Å². The van der Waals surface area contributed by atoms with Gasteiger partial charge in [-0.1, -0.05) is 0 Å². The minimum Gasteiger partial charge on any atom is -0.390 e. The van der Waals surface area contributed by atoms with Gasteiger partial charge in [0, 0.05) is 19.6 Å². The van der Waals surface area contributed by atoms with E-state index in [1.807, 2.05) is 19.0 Å². The Bertz CT molecular complexity index is 303. The van der Waals surface area contributed by atoms with E-state index in [-0.39, 0.29) is 5.25 Å². The van der Waals surface area contributed by atoms with Crippen LogP contribution in [0.5, 0.6) is 0 Å². The summed E-state index contributed by atoms with van der Waals surface area (Å²) >= 11 is 0. The van der Waals surface area contributed by atoms with E-state index in [1.54, 1.807) is 0 Å². The number of hydrogen-bond donors (Lipinski definition) is 2. The Morgan fingerprint density at radius 3 is 2.69 bits per heavy atom. The van der Waals surface area contributed by atoms with E-state index in [9.17, 15) is 13.5 Å². The molecule has 0 aromatic rings. The Hall–Kier alpha value is -0.170. The van der Waals surface area contributed by atoms with Crippen molar-refractivity contribution >= 4 is 9.84 Å². The highest BCUT2D eigenvalue weighted by Gasteiger charge is 2.30. The maximum absolute atomic E-state index is 11.5. The van der Waals surface area contributed by atoms with Gasteiger partial charge in [0.1, 0.15) is 0 Å². The standard InChI is InChI=1S/C10H22N2O3S/c1-12(2)8-9(13)6-11-7-10-4-3-5-16(10,14)15/h9-11,13H,3-8H2,1-2H3. The van der Waals surface area contributed by atoms with Crippen molar-refractivity contribution in [2.24, 2.45) is 0 Å². The highest BCUT2D eigenvalue weighted by molar-refractivity contribution is 7.92. The number of nitrogens with zero attached hydrogens (tertiary/aromatic N) is 1. The maximum atomic E-state index is 11.5. The summed E-state index contributed by atoms with van der Waals surface area (Å²) in [5, 5.41) is 12.4. The van der Waals surface area contributed by atoms with Gasteiger partial charge in [-0.15, -0.1) is 0 Å². The van der Waals surface area contributed by atoms with E-state index in [4.69, 9.17) is 0 Å². The van der Waals surface area contributed by atoms with Gasteiger partial charge in [0.15, 0.2) is 9.84 Å². The Labute approximate surface area is 97.7 Å². The molecule has 1 saturated heterocycles. The molecule has 16 heavy (non-hydrogen) atoms. The van der Waals surface area contributed by atoms with Crippen LogP contribution in [0.2, 0.25) is 0 Å². The molecule has 5 nitrogen and oxygen atoms in total. The van der Waals surface area contributed by atoms with Crippen molar-refractivity contribution in [3.05, 3.63) is 0 Å². The van der Waals surface area contributed by atoms with Crippen molar-refractivity contribution < 1.29 is 13.5 Å². The van der Waals surface area contributed by atoms with Gasteiger partial charge in [0.25, 0.3) is 0 Å². The molecular formula is C10H22N2O3S. The smallest absolute Gasteiger partial charge is 0.154 e. The zero-order valence-electron chi connectivity index (χ0n) is 10.0. The predicted molar refractivity (Wildman–Crippen MR) is 64.2 cm³/mol. The van der Waals surface area contributed by atoms with Crippen LogP contribution in [0.4, 0.5) is 0 Å². The van der Waals surface area contributed by atoms with Crippen molar-refractivity contribution in [3.8, 4) is 0 Å². The third-order valence-corrected chi connectivity index (χ3v) is 5.07. The fraction of sp³-hybridized carbons (Fsp3) is 1.00. The van der Waals surface area contributed by atoms with Crippen molar-refractivity contribution in [2.75, 3.05) is 39.5 Å². The van der Waals surface area contributed by atoms with E-state index < -0.39 is 15.9 Å². The Morgan fingerprint density at radius 2 is 2.19 bits per heavy atom. The first-order valence-electron chi connectivity index (χ1n) is 5.67. The fourth-order valence-corrected chi connectivity index (χ4v) is 3.78. The molecule has 0 aromatic carbocycles. The minimum absolute atomic E-state index is 0.251. The lowest BCUT2D eigenvalue weighted by Gasteiger charge is -2.17. The number of nitrogens with one attached hydrogen (secondary N) is 1. The lowest BCUT2D eigenvalue weighted by atomic mass is 10.2. The molecule has 0 radical (unpaired) electrons. The quantitative estimate of drug-likeness (QED) is 0.638. The van der Waals surface area contributed by atoms with Crippen molar-refractivity contribution in [3.63, 3.8) is 0 Å². The van der Waals surface area contributed by atoms with Crippen molar-refractivity contribution in [1.29, 1.82) is 0 Å². The number of likely N-dealkylation sites (N-methyl/N-ethyl adjacent to an activating group) is 1. The molecule has 0 bridgehead atoms. The molecule has 0 aromatic heterocycles. The van der Waals surface area contributed by atoms with Gasteiger partial charge in [-0.3, -0.25) is 0 Å². The SMILES string of the molecule is CN(C)CC(O)CNCC1CCCS1(=O)=O. The van der Waals surface area contributed by atoms with Crippen LogP contribution in [0.25, 0.3) is 0 Å². The van der Waals surface area contributed by atoms with Crippen molar-refractivity contribution in [2.45, 2.75) is 24.2 Å². The van der Waals surface area contributed by atoms with Gasteiger partial charge in [-0.05, 0) is 26.9 Å². The maximum Gasteiger partial charge on any atom is 0.154 e. The summed E-state index contributed by atoms with van der Waals surface area (Å²) in [6, 6.07) is 0. The number of aliphatic hydroxyl groups excluding tert-OH is 1. The van der Waals surface area contributed by atoms with Gasteiger partial charge < -0.3 is 15.3 Å². The fourth-order valence-electron chi connectivity index (χ4n) is 1.98. The van der Waals surface area contributed by atoms with E-state index in [1.165, 1.54) is 0 Å². The average Bonchev–Trinajstić information content (AvgIpc) is 2.44. The molecular weight excluding hydrogens is 228 g/mol. The zero-order chi connectivity index (χ0) is 12.2. The molecule has 0 amide bonds. The largest absolute Gasteiger partial charge is 0.390 e. The lowest BCUT2D eigenvalue weighted by Crippen LogP contribution is -2.39. The Kier molecular flexibility index (Phi) is 5.17. The summed E-state index contributed by atoms with van der Waals surface area (Å²) in [6.07, 6.45) is 1.08. The molecule has 0 saturated carbocycles. The van der Waals surface area contributed by atoms with Crippen LogP contribution in [0.15, 0.2) is 0 Å². The van der Waals surface area contributed by atoms with Crippen LogP contribution in [0.3, 0.4) is 0 Å². The predicted octanol–water partition coefficient (Wildman–Crippen LogP) is -0.924. The summed E-state index contributed by atoms with van der Waals surface area (Å²) in [5.41, 5.74) is 0. The topological polar surface area (TPSA) is 69.6 Å². The normalized spacial score (nSPS) is 26.1. The first kappa shape index (κ1) is 13.9. The van der Waals surface area contributed by atoms with Crippen LogP contribution in [-0.4, -0.2) is 69.3 Å². The highest BCUT2D eigenvalue weighted by atomic mass is 32.2. The van der Waals surface area contributed by atoms with E-state index >= 15 is 0 Å². The van der Waals surface area contributed by atoms with Gasteiger partial charge >= 0.3 is 0 Å². The number of hydrogen-bond acceptors (Lipinski definition) is 5. The second kappa shape index (κ2) is 5.95. The summed E-state index contributed by atoms with van der Waals surface area (Å²) < 4.78 is 23.0. The molecule has 1 rings (SSSR count). The first-order chi connectivity index (χ1) is 7.42. The molecule has 96 valence electrons. The first-order valence-corrected chi connectivity index (χ1v) is 7.38. The Balaban J connectivity index is 2.21. The van der Waals surface area contributed by atoms with Crippen LogP contribution in [0.1, 0.15) is 12.8 Å². The minimum atomic E-state index is -2.86. The molecule has 6 heteroatoms. The monoisotopic (exact) mass is 250 g/mol. The third-order valence-electron chi connectivity index (χ3n) is 2.79. The van der Waals surface area contributed by atoms with E-state index in [0.717, 1.165) is 12.8 Å². The van der Waals surface area contributed by atoms with E-state index in [2.05, 4.69) is 5.32 Å². The van der Waals surface area contributed by atoms with Gasteiger partial charge in [0.05, 0.1) is 17.1 Å². The third kappa shape index (κ3) is 4.37. The summed E-state index contributed by atoms with van der Waals surface area (Å²) in [5.74, 6) is 0.319. The van der Waals surface area contributed by atoms with Crippen LogP contribution in [-0.2, 0) is 9.84 Å². The summed E-state index contributed by atoms with van der Waals surface area (Å²) in [4.78, 5) is 1.90. The molecule has 1 aliphatic rings. The van der Waals surface area contributed by atoms with Crippen molar-refractivity contribution in [1.82, 2.24) is 10.2 Å². The van der Waals surface area contributed by atoms with Crippen LogP contribution < -0.4 is 5.32 Å². The van der Waals surface area contributed by atoms with Gasteiger partial charge in [0.2, 0.25) is 0 Å². The highest BCUT2D eigenvalue weighted by Crippen LogP contribution is 2.18. The molecule has 1 fully saturated rings. The number of rotatable bonds is 6. The molecule has 0 aliphatic carbocycles. The second-order valence-electron chi connectivity index (χ2n) is 4.71. The lowest BCUT2D eigenvalue weighted by molar-refractivity contribution is 0.135. The van der Waals surface area contributed by atoms with Crippen LogP contribution in [0, 0.1) is 0 Å². The molecule has 2 N–H and O–H groups in total. The van der Waals surface area contributed by atoms with Crippen LogP contribution >= 0.6 is 0 Å². The number of aliphatic hydroxyl groups is 1. The molecule has 2 unspecified atom stereocenters. The summed E-state index contributed by atoms with van der Waals surface area (Å²) in [7, 11) is 0.924. The van der Waals surface area contributed by atoms with Gasteiger partial charge in [-0.2, -0.15) is 0 Å².